The standard InChI is InChI=1S/C16H19NO2/c18-15(13-7-3-1-4-8-13)11-17-12-16(19)14-9-5-2-6-10-14/h1-10,15-19H,11-12H2/t15-,16-/m1/s1. The highest BCUT2D eigenvalue weighted by molar-refractivity contribution is 5.18. The van der Waals surface area contributed by atoms with Crippen molar-refractivity contribution < 1.29 is 10.2 Å². The zero-order valence-electron chi connectivity index (χ0n) is 10.7. The molecule has 0 aliphatic carbocycles. The van der Waals surface area contributed by atoms with Crippen molar-refractivity contribution in [2.75, 3.05) is 13.1 Å². The lowest BCUT2D eigenvalue weighted by molar-refractivity contribution is 0.147. The average molecular weight is 257 g/mol. The molecule has 0 radical (unpaired) electrons. The van der Waals surface area contributed by atoms with E-state index in [0.717, 1.165) is 11.1 Å². The molecular weight excluding hydrogens is 238 g/mol. The van der Waals surface area contributed by atoms with Gasteiger partial charge in [-0.3, -0.25) is 0 Å². The van der Waals surface area contributed by atoms with Crippen molar-refractivity contribution in [1.82, 2.24) is 5.32 Å². The monoisotopic (exact) mass is 257 g/mol. The van der Waals surface area contributed by atoms with Crippen LogP contribution < -0.4 is 5.32 Å². The maximum atomic E-state index is 9.96. The maximum absolute atomic E-state index is 9.96. The van der Waals surface area contributed by atoms with Gasteiger partial charge in [-0.05, 0) is 11.1 Å². The molecular formula is C16H19NO2. The first-order valence-corrected chi connectivity index (χ1v) is 6.44. The second-order valence-corrected chi connectivity index (χ2v) is 4.51. The second-order valence-electron chi connectivity index (χ2n) is 4.51. The van der Waals surface area contributed by atoms with Crippen molar-refractivity contribution in [3.8, 4) is 0 Å². The largest absolute Gasteiger partial charge is 0.387 e. The highest BCUT2D eigenvalue weighted by Crippen LogP contribution is 2.13. The molecule has 0 bridgehead atoms. The molecule has 2 rings (SSSR count). The van der Waals surface area contributed by atoms with Crippen LogP contribution >= 0.6 is 0 Å². The zero-order chi connectivity index (χ0) is 13.5. The molecule has 0 fully saturated rings. The Labute approximate surface area is 113 Å². The summed E-state index contributed by atoms with van der Waals surface area (Å²) in [6.45, 7) is 0.849. The van der Waals surface area contributed by atoms with Gasteiger partial charge in [-0.1, -0.05) is 60.7 Å². The Bertz CT molecular complexity index is 427. The number of benzene rings is 2. The van der Waals surface area contributed by atoms with Gasteiger partial charge < -0.3 is 15.5 Å². The van der Waals surface area contributed by atoms with Crippen LogP contribution in [0.2, 0.25) is 0 Å². The van der Waals surface area contributed by atoms with Crippen molar-refractivity contribution in [1.29, 1.82) is 0 Å². The molecule has 19 heavy (non-hydrogen) atoms. The molecule has 0 heterocycles. The molecule has 0 aliphatic heterocycles. The minimum absolute atomic E-state index is 0.425. The quantitative estimate of drug-likeness (QED) is 0.742. The van der Waals surface area contributed by atoms with Crippen molar-refractivity contribution in [2.45, 2.75) is 12.2 Å². The number of rotatable bonds is 6. The highest BCUT2D eigenvalue weighted by Gasteiger charge is 2.09. The Morgan fingerprint density at radius 3 is 1.42 bits per heavy atom. The van der Waals surface area contributed by atoms with Gasteiger partial charge in [0.15, 0.2) is 0 Å². The van der Waals surface area contributed by atoms with Crippen LogP contribution in [-0.2, 0) is 0 Å². The molecule has 0 saturated heterocycles. The van der Waals surface area contributed by atoms with Gasteiger partial charge in [0.2, 0.25) is 0 Å². The molecule has 0 amide bonds. The van der Waals surface area contributed by atoms with E-state index in [1.807, 2.05) is 60.7 Å². The van der Waals surface area contributed by atoms with E-state index in [-0.39, 0.29) is 0 Å². The predicted molar refractivity (Wildman–Crippen MR) is 75.7 cm³/mol. The molecule has 0 saturated carbocycles. The summed E-state index contributed by atoms with van der Waals surface area (Å²) in [6.07, 6.45) is -1.10. The molecule has 2 aromatic carbocycles. The van der Waals surface area contributed by atoms with Crippen LogP contribution in [0.4, 0.5) is 0 Å². The lowest BCUT2D eigenvalue weighted by atomic mass is 10.1. The average Bonchev–Trinajstić information content (AvgIpc) is 2.49. The molecule has 0 aromatic heterocycles. The summed E-state index contributed by atoms with van der Waals surface area (Å²) in [5, 5.41) is 23.0. The molecule has 0 unspecified atom stereocenters. The smallest absolute Gasteiger partial charge is 0.0914 e. The van der Waals surface area contributed by atoms with Crippen LogP contribution in [0.15, 0.2) is 60.7 Å². The third-order valence-electron chi connectivity index (χ3n) is 3.04. The topological polar surface area (TPSA) is 52.5 Å². The molecule has 2 aromatic rings. The van der Waals surface area contributed by atoms with Gasteiger partial charge in [0.1, 0.15) is 0 Å². The van der Waals surface area contributed by atoms with E-state index in [9.17, 15) is 10.2 Å². The number of nitrogens with one attached hydrogen (secondary N) is 1. The molecule has 3 N–H and O–H groups in total. The number of aliphatic hydroxyl groups excluding tert-OH is 2. The van der Waals surface area contributed by atoms with Gasteiger partial charge >= 0.3 is 0 Å². The first-order valence-electron chi connectivity index (χ1n) is 6.44. The molecule has 0 aliphatic rings. The van der Waals surface area contributed by atoms with Gasteiger partial charge in [0, 0.05) is 13.1 Å². The summed E-state index contributed by atoms with van der Waals surface area (Å²) >= 11 is 0. The normalized spacial score (nSPS) is 14.0. The second kappa shape index (κ2) is 7.04. The van der Waals surface area contributed by atoms with E-state index < -0.39 is 12.2 Å². The Morgan fingerprint density at radius 2 is 1.05 bits per heavy atom. The summed E-state index contributed by atoms with van der Waals surface area (Å²) < 4.78 is 0. The van der Waals surface area contributed by atoms with E-state index >= 15 is 0 Å². The minimum Gasteiger partial charge on any atom is -0.387 e. The van der Waals surface area contributed by atoms with Crippen LogP contribution in [0.5, 0.6) is 0 Å². The Kier molecular flexibility index (Phi) is 5.10. The van der Waals surface area contributed by atoms with Crippen LogP contribution in [0.3, 0.4) is 0 Å². The minimum atomic E-state index is -0.552. The Morgan fingerprint density at radius 1 is 0.684 bits per heavy atom. The van der Waals surface area contributed by atoms with Crippen molar-refractivity contribution in [3.63, 3.8) is 0 Å². The van der Waals surface area contributed by atoms with Crippen LogP contribution in [-0.4, -0.2) is 23.3 Å². The predicted octanol–water partition coefficient (Wildman–Crippen LogP) is 2.04. The first-order chi connectivity index (χ1) is 9.27. The summed E-state index contributed by atoms with van der Waals surface area (Å²) in [4.78, 5) is 0. The van der Waals surface area contributed by atoms with Gasteiger partial charge in [-0.2, -0.15) is 0 Å². The van der Waals surface area contributed by atoms with Gasteiger partial charge in [0.25, 0.3) is 0 Å². The van der Waals surface area contributed by atoms with E-state index in [4.69, 9.17) is 0 Å². The van der Waals surface area contributed by atoms with E-state index in [1.165, 1.54) is 0 Å². The van der Waals surface area contributed by atoms with Crippen LogP contribution in [0.1, 0.15) is 23.3 Å². The van der Waals surface area contributed by atoms with Crippen molar-refractivity contribution in [2.24, 2.45) is 0 Å². The maximum Gasteiger partial charge on any atom is 0.0914 e. The molecule has 3 nitrogen and oxygen atoms in total. The summed E-state index contributed by atoms with van der Waals surface area (Å²) in [5.41, 5.74) is 1.76. The van der Waals surface area contributed by atoms with E-state index in [2.05, 4.69) is 5.32 Å². The van der Waals surface area contributed by atoms with Crippen molar-refractivity contribution >= 4 is 0 Å². The fourth-order valence-corrected chi connectivity index (χ4v) is 1.94. The van der Waals surface area contributed by atoms with Crippen molar-refractivity contribution in [3.05, 3.63) is 71.8 Å². The summed E-state index contributed by atoms with van der Waals surface area (Å²) in [5.74, 6) is 0. The summed E-state index contributed by atoms with van der Waals surface area (Å²) in [6, 6.07) is 19.0. The lowest BCUT2D eigenvalue weighted by Crippen LogP contribution is -2.26. The van der Waals surface area contributed by atoms with Gasteiger partial charge in [-0.15, -0.1) is 0 Å². The third kappa shape index (κ3) is 4.17. The number of hydrogen-bond acceptors (Lipinski definition) is 3. The Balaban J connectivity index is 1.78. The summed E-state index contributed by atoms with van der Waals surface area (Å²) in [7, 11) is 0. The van der Waals surface area contributed by atoms with Gasteiger partial charge in [-0.25, -0.2) is 0 Å². The fraction of sp³-hybridized carbons (Fsp3) is 0.250. The zero-order valence-corrected chi connectivity index (χ0v) is 10.7. The highest BCUT2D eigenvalue weighted by atomic mass is 16.3. The fourth-order valence-electron chi connectivity index (χ4n) is 1.94. The Hall–Kier alpha value is -1.68. The third-order valence-corrected chi connectivity index (χ3v) is 3.04. The van der Waals surface area contributed by atoms with E-state index in [0.29, 0.717) is 13.1 Å². The van der Waals surface area contributed by atoms with Crippen LogP contribution in [0.25, 0.3) is 0 Å². The van der Waals surface area contributed by atoms with E-state index in [1.54, 1.807) is 0 Å². The first kappa shape index (κ1) is 13.7. The molecule has 100 valence electrons. The van der Waals surface area contributed by atoms with Gasteiger partial charge in [0.05, 0.1) is 12.2 Å². The lowest BCUT2D eigenvalue weighted by Gasteiger charge is -2.15. The number of hydrogen-bond donors (Lipinski definition) is 3. The van der Waals surface area contributed by atoms with Crippen LogP contribution in [0, 0.1) is 0 Å². The molecule has 3 heteroatoms. The molecule has 0 spiro atoms. The molecule has 2 atom stereocenters. The SMILES string of the molecule is O[C@H](CNC[C@@H](O)c1ccccc1)c1ccccc1. The number of aliphatic hydroxyl groups is 2.